The molecule has 5 rings (SSSR count). The lowest BCUT2D eigenvalue weighted by atomic mass is 9.84. The van der Waals surface area contributed by atoms with Crippen molar-refractivity contribution in [1.82, 2.24) is 30.2 Å². The number of nitrogens with one attached hydrogen (secondary N) is 1. The van der Waals surface area contributed by atoms with Gasteiger partial charge in [0, 0.05) is 38.0 Å². The fourth-order valence-corrected chi connectivity index (χ4v) is 6.02. The van der Waals surface area contributed by atoms with Gasteiger partial charge >= 0.3 is 0 Å². The SMILES string of the molecule is Cn1nc2cccc(C(=O)N[C@H]3CC[C@H](CCN4CCc5sc(OCC(C)(F)F)nc5C4)CC3)c2n1. The number of aromatic nitrogens is 4. The molecule has 1 amide bonds. The van der Waals surface area contributed by atoms with E-state index in [1.54, 1.807) is 13.1 Å². The normalized spacial score (nSPS) is 20.9. The summed E-state index contributed by atoms with van der Waals surface area (Å²) in [6.07, 6.45) is 6.15. The van der Waals surface area contributed by atoms with Gasteiger partial charge in [0.25, 0.3) is 17.0 Å². The summed E-state index contributed by atoms with van der Waals surface area (Å²) < 4.78 is 31.3. The van der Waals surface area contributed by atoms with Crippen LogP contribution in [0.4, 0.5) is 8.78 Å². The summed E-state index contributed by atoms with van der Waals surface area (Å²) in [5.74, 6) is -2.29. The summed E-state index contributed by atoms with van der Waals surface area (Å²) in [6.45, 7) is 2.91. The predicted molar refractivity (Wildman–Crippen MR) is 134 cm³/mol. The van der Waals surface area contributed by atoms with Crippen LogP contribution in [0.15, 0.2) is 18.2 Å². The maximum atomic E-state index is 13.1. The number of halogens is 2. The molecule has 1 aromatic carbocycles. The number of aryl methyl sites for hydroxylation is 1. The molecular formula is C25H32F2N6O2S. The number of hydrogen-bond acceptors (Lipinski definition) is 7. The van der Waals surface area contributed by atoms with Gasteiger partial charge in [-0.1, -0.05) is 17.4 Å². The van der Waals surface area contributed by atoms with Gasteiger partial charge in [-0.2, -0.15) is 15.0 Å². The first-order chi connectivity index (χ1) is 17.2. The number of rotatable bonds is 8. The number of carbonyl (C=O) groups is 1. The van der Waals surface area contributed by atoms with Crippen molar-refractivity contribution in [2.75, 3.05) is 19.7 Å². The Kier molecular flexibility index (Phi) is 7.21. The van der Waals surface area contributed by atoms with Crippen LogP contribution in [-0.2, 0) is 20.0 Å². The molecule has 1 N–H and O–H groups in total. The number of hydrogen-bond donors (Lipinski definition) is 1. The largest absolute Gasteiger partial charge is 0.464 e. The topological polar surface area (TPSA) is 85.2 Å². The zero-order valence-electron chi connectivity index (χ0n) is 20.7. The number of alkyl halides is 2. The Morgan fingerprint density at radius 1 is 1.25 bits per heavy atom. The molecule has 1 aliphatic heterocycles. The lowest BCUT2D eigenvalue weighted by Gasteiger charge is -2.32. The Balaban J connectivity index is 1.06. The second-order valence-corrected chi connectivity index (χ2v) is 11.1. The molecule has 3 aromatic rings. The third-order valence-corrected chi connectivity index (χ3v) is 8.10. The Hall–Kier alpha value is -2.66. The predicted octanol–water partition coefficient (Wildman–Crippen LogP) is 4.20. The van der Waals surface area contributed by atoms with Gasteiger partial charge in [-0.3, -0.25) is 9.69 Å². The highest BCUT2D eigenvalue weighted by Crippen LogP contribution is 2.32. The molecule has 36 heavy (non-hydrogen) atoms. The Morgan fingerprint density at radius 3 is 2.83 bits per heavy atom. The van der Waals surface area contributed by atoms with Gasteiger partial charge in [-0.05, 0) is 63.1 Å². The molecule has 0 unspecified atom stereocenters. The number of thiazole rings is 1. The number of fused-ring (bicyclic) bond motifs is 2. The molecule has 1 fully saturated rings. The van der Waals surface area contributed by atoms with Crippen molar-refractivity contribution < 1.29 is 18.3 Å². The number of benzene rings is 1. The summed E-state index contributed by atoms with van der Waals surface area (Å²) in [6, 6.07) is 5.69. The minimum Gasteiger partial charge on any atom is -0.464 e. The van der Waals surface area contributed by atoms with Crippen LogP contribution in [0.3, 0.4) is 0 Å². The van der Waals surface area contributed by atoms with Gasteiger partial charge in [-0.25, -0.2) is 13.8 Å². The van der Waals surface area contributed by atoms with Crippen LogP contribution in [0.5, 0.6) is 5.19 Å². The molecule has 1 aliphatic carbocycles. The van der Waals surface area contributed by atoms with Crippen LogP contribution in [0, 0.1) is 5.92 Å². The van der Waals surface area contributed by atoms with Crippen molar-refractivity contribution in [3.63, 3.8) is 0 Å². The highest BCUT2D eigenvalue weighted by molar-refractivity contribution is 7.13. The molecule has 0 spiro atoms. The smallest absolute Gasteiger partial charge is 0.278 e. The number of nitrogens with zero attached hydrogens (tertiary/aromatic N) is 5. The molecule has 0 saturated heterocycles. The molecule has 0 radical (unpaired) electrons. The van der Waals surface area contributed by atoms with E-state index in [4.69, 9.17) is 4.74 Å². The van der Waals surface area contributed by atoms with E-state index in [1.165, 1.54) is 16.1 Å². The minimum absolute atomic E-state index is 0.0806. The van der Waals surface area contributed by atoms with Crippen LogP contribution in [0.2, 0.25) is 0 Å². The lowest BCUT2D eigenvalue weighted by molar-refractivity contribution is -0.0230. The Bertz CT molecular complexity index is 1220. The van der Waals surface area contributed by atoms with Crippen molar-refractivity contribution in [3.8, 4) is 5.19 Å². The van der Waals surface area contributed by atoms with E-state index in [0.717, 1.165) is 81.2 Å². The van der Waals surface area contributed by atoms with E-state index in [2.05, 4.69) is 25.4 Å². The van der Waals surface area contributed by atoms with Gasteiger partial charge in [-0.15, -0.1) is 0 Å². The van der Waals surface area contributed by atoms with Crippen LogP contribution < -0.4 is 10.1 Å². The van der Waals surface area contributed by atoms with Crippen molar-refractivity contribution >= 4 is 28.3 Å². The zero-order chi connectivity index (χ0) is 25.3. The number of amides is 1. The molecule has 0 bridgehead atoms. The first-order valence-corrected chi connectivity index (χ1v) is 13.4. The van der Waals surface area contributed by atoms with E-state index in [9.17, 15) is 13.6 Å². The quantitative estimate of drug-likeness (QED) is 0.481. The second-order valence-electron chi connectivity index (χ2n) is 10.1. The summed E-state index contributed by atoms with van der Waals surface area (Å²) in [5.41, 5.74) is 2.90. The maximum absolute atomic E-state index is 13.1. The zero-order valence-corrected chi connectivity index (χ0v) is 21.5. The monoisotopic (exact) mass is 518 g/mol. The minimum atomic E-state index is -2.86. The Labute approximate surface area is 213 Å². The average molecular weight is 519 g/mol. The summed E-state index contributed by atoms with van der Waals surface area (Å²) >= 11 is 1.39. The number of ether oxygens (including phenoxy) is 1. The fourth-order valence-electron chi connectivity index (χ4n) is 5.12. The molecule has 8 nitrogen and oxygen atoms in total. The van der Waals surface area contributed by atoms with E-state index >= 15 is 0 Å². The van der Waals surface area contributed by atoms with Gasteiger partial charge in [0.05, 0.1) is 11.3 Å². The van der Waals surface area contributed by atoms with Crippen molar-refractivity contribution in [1.29, 1.82) is 0 Å². The van der Waals surface area contributed by atoms with Gasteiger partial charge in [0.1, 0.15) is 11.0 Å². The average Bonchev–Trinajstić information content (AvgIpc) is 3.43. The fraction of sp³-hybridized carbons (Fsp3) is 0.600. The van der Waals surface area contributed by atoms with Crippen LogP contribution in [0.25, 0.3) is 11.0 Å². The van der Waals surface area contributed by atoms with E-state index in [-0.39, 0.29) is 11.9 Å². The van der Waals surface area contributed by atoms with Crippen LogP contribution >= 0.6 is 11.3 Å². The molecule has 0 atom stereocenters. The molecule has 1 saturated carbocycles. The van der Waals surface area contributed by atoms with Gasteiger partial charge < -0.3 is 10.1 Å². The maximum Gasteiger partial charge on any atom is 0.278 e. The molecule has 3 heterocycles. The first-order valence-electron chi connectivity index (χ1n) is 12.6. The van der Waals surface area contributed by atoms with Crippen LogP contribution in [-0.4, -0.2) is 62.4 Å². The van der Waals surface area contributed by atoms with Crippen molar-refractivity contribution in [2.24, 2.45) is 13.0 Å². The molecule has 2 aromatic heterocycles. The standard InChI is InChI=1S/C25H32F2N6O2S/c1-25(26,27)15-35-24-29-20-14-33(13-11-21(20)36-24)12-10-16-6-8-17(9-7-16)28-23(34)18-4-3-5-19-22(18)31-32(2)30-19/h3-5,16-17H,6-15H2,1-2H3,(H,28,34)/t16-,17-. The third kappa shape index (κ3) is 6.00. The van der Waals surface area contributed by atoms with Gasteiger partial charge in [0.15, 0.2) is 6.61 Å². The van der Waals surface area contributed by atoms with E-state index in [0.29, 0.717) is 22.2 Å². The van der Waals surface area contributed by atoms with Gasteiger partial charge in [0.2, 0.25) is 0 Å². The lowest BCUT2D eigenvalue weighted by Crippen LogP contribution is -2.38. The first kappa shape index (κ1) is 25.0. The molecule has 11 heteroatoms. The van der Waals surface area contributed by atoms with Crippen molar-refractivity contribution in [3.05, 3.63) is 34.3 Å². The molecular weight excluding hydrogens is 486 g/mol. The molecule has 194 valence electrons. The highest BCUT2D eigenvalue weighted by Gasteiger charge is 2.27. The summed E-state index contributed by atoms with van der Waals surface area (Å²) in [7, 11) is 1.76. The van der Waals surface area contributed by atoms with E-state index < -0.39 is 12.5 Å². The highest BCUT2D eigenvalue weighted by atomic mass is 32.1. The van der Waals surface area contributed by atoms with Crippen molar-refractivity contribution in [2.45, 2.75) is 64.0 Å². The second kappa shape index (κ2) is 10.4. The Morgan fingerprint density at radius 2 is 2.06 bits per heavy atom. The van der Waals surface area contributed by atoms with Crippen LogP contribution in [0.1, 0.15) is 60.0 Å². The third-order valence-electron chi connectivity index (χ3n) is 7.03. The summed E-state index contributed by atoms with van der Waals surface area (Å²) in [5, 5.41) is 12.2. The van der Waals surface area contributed by atoms with E-state index in [1.807, 2.05) is 12.1 Å². The number of carbonyl (C=O) groups excluding carboxylic acids is 1. The molecule has 2 aliphatic rings. The summed E-state index contributed by atoms with van der Waals surface area (Å²) in [4.78, 5) is 22.4.